The van der Waals surface area contributed by atoms with Gasteiger partial charge in [-0.1, -0.05) is 6.92 Å². The van der Waals surface area contributed by atoms with Crippen LogP contribution in [0.25, 0.3) is 0 Å². The second-order valence-electron chi connectivity index (χ2n) is 6.41. The molecular formula is C15H25N3O3. The van der Waals surface area contributed by atoms with Crippen molar-refractivity contribution in [3.63, 3.8) is 0 Å². The van der Waals surface area contributed by atoms with Gasteiger partial charge in [0.1, 0.15) is 0 Å². The molecule has 3 fully saturated rings. The number of piperazine rings is 1. The first-order valence-corrected chi connectivity index (χ1v) is 8.02. The summed E-state index contributed by atoms with van der Waals surface area (Å²) in [6, 6.07) is 0. The maximum Gasteiger partial charge on any atom is 0.236 e. The predicted octanol–water partition coefficient (Wildman–Crippen LogP) is -0.355. The average molecular weight is 295 g/mol. The van der Waals surface area contributed by atoms with Crippen LogP contribution in [0, 0.1) is 11.8 Å². The van der Waals surface area contributed by atoms with Gasteiger partial charge in [0.25, 0.3) is 0 Å². The Morgan fingerprint density at radius 1 is 1.00 bits per heavy atom. The molecular weight excluding hydrogens is 270 g/mol. The summed E-state index contributed by atoms with van der Waals surface area (Å²) < 4.78 is 5.29. The number of ether oxygens (including phenoxy) is 1. The first-order valence-electron chi connectivity index (χ1n) is 8.02. The molecule has 2 atom stereocenters. The molecule has 2 heterocycles. The molecule has 0 bridgehead atoms. The van der Waals surface area contributed by atoms with Gasteiger partial charge in [-0.05, 0) is 12.3 Å². The maximum absolute atomic E-state index is 12.3. The van der Waals surface area contributed by atoms with Crippen LogP contribution in [0.15, 0.2) is 0 Å². The highest BCUT2D eigenvalue weighted by atomic mass is 16.5. The number of amides is 2. The van der Waals surface area contributed by atoms with Crippen molar-refractivity contribution < 1.29 is 14.3 Å². The number of carbonyl (C=O) groups excluding carboxylic acids is 2. The lowest BCUT2D eigenvalue weighted by atomic mass is 10.2. The van der Waals surface area contributed by atoms with Crippen LogP contribution >= 0.6 is 0 Å². The number of rotatable bonds is 3. The molecule has 1 aliphatic carbocycles. The first kappa shape index (κ1) is 14.8. The zero-order chi connectivity index (χ0) is 14.8. The number of nitrogens with zero attached hydrogens (tertiary/aromatic N) is 3. The summed E-state index contributed by atoms with van der Waals surface area (Å²) in [5, 5.41) is 0. The molecule has 2 aliphatic heterocycles. The molecule has 3 rings (SSSR count). The highest BCUT2D eigenvalue weighted by Gasteiger charge is 2.42. The van der Waals surface area contributed by atoms with Crippen LogP contribution in [-0.2, 0) is 14.3 Å². The Hall–Kier alpha value is -1.14. The highest BCUT2D eigenvalue weighted by Crippen LogP contribution is 2.39. The Bertz CT molecular complexity index is 401. The lowest BCUT2D eigenvalue weighted by Gasteiger charge is -2.36. The molecule has 0 radical (unpaired) electrons. The molecule has 2 unspecified atom stereocenters. The van der Waals surface area contributed by atoms with E-state index >= 15 is 0 Å². The molecule has 0 aromatic heterocycles. The van der Waals surface area contributed by atoms with E-state index in [0.29, 0.717) is 44.5 Å². The lowest BCUT2D eigenvalue weighted by Crippen LogP contribution is -2.53. The number of morpholine rings is 1. The largest absolute Gasteiger partial charge is 0.379 e. The van der Waals surface area contributed by atoms with E-state index in [1.54, 1.807) is 0 Å². The fourth-order valence-corrected chi connectivity index (χ4v) is 3.13. The van der Waals surface area contributed by atoms with Gasteiger partial charge in [0, 0.05) is 45.2 Å². The summed E-state index contributed by atoms with van der Waals surface area (Å²) in [5.74, 6) is 1.28. The van der Waals surface area contributed by atoms with Crippen LogP contribution in [0.2, 0.25) is 0 Å². The summed E-state index contributed by atoms with van der Waals surface area (Å²) >= 11 is 0. The number of hydrogen-bond acceptors (Lipinski definition) is 4. The van der Waals surface area contributed by atoms with Gasteiger partial charge in [0.15, 0.2) is 0 Å². The number of hydrogen-bond donors (Lipinski definition) is 0. The Balaban J connectivity index is 1.42. The minimum absolute atomic E-state index is 0.184. The van der Waals surface area contributed by atoms with Crippen LogP contribution in [0.4, 0.5) is 0 Å². The van der Waals surface area contributed by atoms with E-state index in [4.69, 9.17) is 4.74 Å². The zero-order valence-electron chi connectivity index (χ0n) is 12.8. The van der Waals surface area contributed by atoms with Crippen molar-refractivity contribution in [1.82, 2.24) is 14.7 Å². The van der Waals surface area contributed by atoms with Gasteiger partial charge in [0.05, 0.1) is 19.8 Å². The van der Waals surface area contributed by atoms with Gasteiger partial charge in [-0.15, -0.1) is 0 Å². The molecule has 0 aromatic carbocycles. The smallest absolute Gasteiger partial charge is 0.236 e. The van der Waals surface area contributed by atoms with Gasteiger partial charge >= 0.3 is 0 Å². The predicted molar refractivity (Wildman–Crippen MR) is 77.7 cm³/mol. The van der Waals surface area contributed by atoms with Crippen molar-refractivity contribution >= 4 is 11.8 Å². The van der Waals surface area contributed by atoms with Gasteiger partial charge < -0.3 is 14.5 Å². The van der Waals surface area contributed by atoms with Crippen molar-refractivity contribution in [2.45, 2.75) is 13.3 Å². The van der Waals surface area contributed by atoms with Gasteiger partial charge in [-0.3, -0.25) is 14.5 Å². The summed E-state index contributed by atoms with van der Waals surface area (Å²) in [5.41, 5.74) is 0. The Labute approximate surface area is 126 Å². The summed E-state index contributed by atoms with van der Waals surface area (Å²) in [6.45, 7) is 8.46. The molecule has 2 amide bonds. The zero-order valence-corrected chi connectivity index (χ0v) is 12.8. The van der Waals surface area contributed by atoms with Crippen molar-refractivity contribution in [2.24, 2.45) is 11.8 Å². The third-order valence-corrected chi connectivity index (χ3v) is 4.83. The molecule has 0 N–H and O–H groups in total. The van der Waals surface area contributed by atoms with Crippen LogP contribution in [0.1, 0.15) is 13.3 Å². The molecule has 0 spiro atoms. The lowest BCUT2D eigenvalue weighted by molar-refractivity contribution is -0.141. The minimum Gasteiger partial charge on any atom is -0.379 e. The standard InChI is InChI=1S/C15H25N3O3/c1-12-10-13(12)15(20)18-4-2-17(3-5-18)14(19)11-16-6-8-21-9-7-16/h12-13H,2-11H2,1H3. The second-order valence-corrected chi connectivity index (χ2v) is 6.41. The normalized spacial score (nSPS) is 30.3. The molecule has 2 saturated heterocycles. The molecule has 6 nitrogen and oxygen atoms in total. The summed E-state index contributed by atoms with van der Waals surface area (Å²) in [7, 11) is 0. The van der Waals surface area contributed by atoms with E-state index in [-0.39, 0.29) is 11.8 Å². The van der Waals surface area contributed by atoms with E-state index in [9.17, 15) is 9.59 Å². The van der Waals surface area contributed by atoms with Gasteiger partial charge in [0.2, 0.25) is 11.8 Å². The maximum atomic E-state index is 12.3. The quantitative estimate of drug-likeness (QED) is 0.714. The highest BCUT2D eigenvalue weighted by molar-refractivity contribution is 5.82. The van der Waals surface area contributed by atoms with E-state index in [0.717, 1.165) is 32.7 Å². The molecule has 3 aliphatic rings. The molecule has 0 aromatic rings. The fourth-order valence-electron chi connectivity index (χ4n) is 3.13. The molecule has 1 saturated carbocycles. The average Bonchev–Trinajstić information content (AvgIpc) is 3.24. The second kappa shape index (κ2) is 6.32. The Morgan fingerprint density at radius 3 is 2.14 bits per heavy atom. The van der Waals surface area contributed by atoms with Crippen molar-refractivity contribution in [3.8, 4) is 0 Å². The molecule has 6 heteroatoms. The summed E-state index contributed by atoms with van der Waals surface area (Å²) in [6.07, 6.45) is 1.04. The molecule has 21 heavy (non-hydrogen) atoms. The van der Waals surface area contributed by atoms with Gasteiger partial charge in [-0.25, -0.2) is 0 Å². The van der Waals surface area contributed by atoms with Crippen molar-refractivity contribution in [1.29, 1.82) is 0 Å². The monoisotopic (exact) mass is 295 g/mol. The van der Waals surface area contributed by atoms with Crippen molar-refractivity contribution in [3.05, 3.63) is 0 Å². The van der Waals surface area contributed by atoms with E-state index in [2.05, 4.69) is 11.8 Å². The Kier molecular flexibility index (Phi) is 4.45. The van der Waals surface area contributed by atoms with Crippen LogP contribution < -0.4 is 0 Å². The summed E-state index contributed by atoms with van der Waals surface area (Å²) in [4.78, 5) is 30.4. The topological polar surface area (TPSA) is 53.1 Å². The minimum atomic E-state index is 0.184. The first-order chi connectivity index (χ1) is 10.1. The van der Waals surface area contributed by atoms with Crippen LogP contribution in [0.5, 0.6) is 0 Å². The van der Waals surface area contributed by atoms with E-state index in [1.807, 2.05) is 9.80 Å². The number of carbonyl (C=O) groups is 2. The Morgan fingerprint density at radius 2 is 1.57 bits per heavy atom. The van der Waals surface area contributed by atoms with Crippen LogP contribution in [0.3, 0.4) is 0 Å². The van der Waals surface area contributed by atoms with Gasteiger partial charge in [-0.2, -0.15) is 0 Å². The van der Waals surface area contributed by atoms with Crippen LogP contribution in [-0.4, -0.2) is 85.5 Å². The van der Waals surface area contributed by atoms with Crippen molar-refractivity contribution in [2.75, 3.05) is 59.0 Å². The molecule has 118 valence electrons. The SMILES string of the molecule is CC1CC1C(=O)N1CCN(C(=O)CN2CCOCC2)CC1. The fraction of sp³-hybridized carbons (Fsp3) is 0.867. The third kappa shape index (κ3) is 3.55. The van der Waals surface area contributed by atoms with E-state index < -0.39 is 0 Å². The third-order valence-electron chi connectivity index (χ3n) is 4.83. The van der Waals surface area contributed by atoms with E-state index in [1.165, 1.54) is 0 Å².